The number of likely N-dealkylation sites (tertiary alicyclic amines) is 1. The van der Waals surface area contributed by atoms with Gasteiger partial charge in [-0.3, -0.25) is 4.90 Å². The fourth-order valence-electron chi connectivity index (χ4n) is 3.89. The lowest BCUT2D eigenvalue weighted by atomic mass is 9.88. The second-order valence-corrected chi connectivity index (χ2v) is 7.23. The first-order chi connectivity index (χ1) is 11.5. The first kappa shape index (κ1) is 19.1. The third-order valence-corrected chi connectivity index (χ3v) is 5.38. The number of benzene rings is 1. The topological polar surface area (TPSA) is 24.9 Å². The van der Waals surface area contributed by atoms with Crippen molar-refractivity contribution in [2.24, 2.45) is 5.92 Å². The molecule has 1 saturated heterocycles. The van der Waals surface area contributed by atoms with E-state index in [9.17, 15) is 0 Å². The third kappa shape index (κ3) is 4.42. The summed E-state index contributed by atoms with van der Waals surface area (Å²) in [5, 5.41) is 0. The molecule has 0 amide bonds. The van der Waals surface area contributed by atoms with Crippen LogP contribution in [-0.2, 0) is 6.54 Å². The second kappa shape index (κ2) is 8.72. The fraction of sp³-hybridized carbons (Fsp3) is 0.700. The Hall–Kier alpha value is -1.26. The van der Waals surface area contributed by atoms with Crippen LogP contribution in [0.3, 0.4) is 0 Å². The number of hydrogen-bond donors (Lipinski definition) is 0. The number of hydrogen-bond acceptors (Lipinski definition) is 4. The van der Waals surface area contributed by atoms with Crippen molar-refractivity contribution in [1.29, 1.82) is 0 Å². The number of methoxy groups -OCH3 is 2. The van der Waals surface area contributed by atoms with Gasteiger partial charge in [0.25, 0.3) is 0 Å². The molecule has 1 aliphatic rings. The largest absolute Gasteiger partial charge is 0.493 e. The Morgan fingerprint density at radius 2 is 1.88 bits per heavy atom. The highest BCUT2D eigenvalue weighted by atomic mass is 16.5. The molecular formula is C20H34N2O2. The Kier molecular flexibility index (Phi) is 6.93. The summed E-state index contributed by atoms with van der Waals surface area (Å²) in [5.74, 6) is 2.30. The van der Waals surface area contributed by atoms with Crippen LogP contribution in [0.2, 0.25) is 0 Å². The van der Waals surface area contributed by atoms with Crippen LogP contribution in [-0.4, -0.2) is 56.2 Å². The van der Waals surface area contributed by atoms with Crippen LogP contribution >= 0.6 is 0 Å². The smallest absolute Gasteiger partial charge is 0.161 e. The molecule has 24 heavy (non-hydrogen) atoms. The average molecular weight is 335 g/mol. The molecule has 3 atom stereocenters. The summed E-state index contributed by atoms with van der Waals surface area (Å²) >= 11 is 0. The van der Waals surface area contributed by atoms with Crippen molar-refractivity contribution in [3.05, 3.63) is 23.8 Å². The highest BCUT2D eigenvalue weighted by Crippen LogP contribution is 2.30. The first-order valence-electron chi connectivity index (χ1n) is 9.15. The molecule has 0 unspecified atom stereocenters. The number of piperidine rings is 1. The predicted octanol–water partition coefficient (Wildman–Crippen LogP) is 3.64. The van der Waals surface area contributed by atoms with Gasteiger partial charge in [0.05, 0.1) is 14.2 Å². The fourth-order valence-corrected chi connectivity index (χ4v) is 3.89. The lowest BCUT2D eigenvalue weighted by Crippen LogP contribution is -2.52. The van der Waals surface area contributed by atoms with Gasteiger partial charge in [0.15, 0.2) is 11.5 Å². The Labute approximate surface area is 147 Å². The molecule has 1 aromatic rings. The molecule has 0 bridgehead atoms. The van der Waals surface area contributed by atoms with Crippen LogP contribution in [0.15, 0.2) is 18.2 Å². The normalized spacial score (nSPS) is 25.0. The van der Waals surface area contributed by atoms with Gasteiger partial charge in [0.1, 0.15) is 0 Å². The van der Waals surface area contributed by atoms with Crippen LogP contribution in [0.4, 0.5) is 0 Å². The molecule has 0 aliphatic carbocycles. The van der Waals surface area contributed by atoms with Crippen molar-refractivity contribution in [1.82, 2.24) is 9.80 Å². The minimum atomic E-state index is 0.643. The summed E-state index contributed by atoms with van der Waals surface area (Å²) in [5.41, 5.74) is 1.29. The zero-order valence-electron chi connectivity index (χ0n) is 16.2. The van der Waals surface area contributed by atoms with E-state index in [0.29, 0.717) is 18.0 Å². The summed E-state index contributed by atoms with van der Waals surface area (Å²) in [6.07, 6.45) is 2.42. The molecule has 4 nitrogen and oxygen atoms in total. The number of rotatable bonds is 7. The zero-order valence-corrected chi connectivity index (χ0v) is 16.2. The molecule has 0 saturated carbocycles. The Morgan fingerprint density at radius 1 is 1.17 bits per heavy atom. The van der Waals surface area contributed by atoms with Gasteiger partial charge in [0.2, 0.25) is 0 Å². The van der Waals surface area contributed by atoms with Crippen LogP contribution in [0, 0.1) is 5.92 Å². The highest BCUT2D eigenvalue weighted by molar-refractivity contribution is 5.42. The standard InChI is InChI=1S/C20H34N2O2/c1-7-10-22(18-11-16(3)21(4)13-15(18)2)14-17-8-9-19(23-5)20(12-17)24-6/h8-9,12,15-16,18H,7,10-11,13-14H2,1-6H3/t15-,16-,18+/m0/s1. The third-order valence-electron chi connectivity index (χ3n) is 5.38. The Morgan fingerprint density at radius 3 is 2.50 bits per heavy atom. The van der Waals surface area contributed by atoms with Crippen LogP contribution in [0.1, 0.15) is 39.2 Å². The summed E-state index contributed by atoms with van der Waals surface area (Å²) in [6, 6.07) is 7.58. The maximum atomic E-state index is 5.47. The SMILES string of the molecule is CCCN(Cc1ccc(OC)c(OC)c1)[C@@H]1C[C@H](C)N(C)C[C@@H]1C. The van der Waals surface area contributed by atoms with Crippen LogP contribution in [0.25, 0.3) is 0 Å². The predicted molar refractivity (Wildman–Crippen MR) is 99.9 cm³/mol. The van der Waals surface area contributed by atoms with Gasteiger partial charge >= 0.3 is 0 Å². The first-order valence-corrected chi connectivity index (χ1v) is 9.15. The lowest BCUT2D eigenvalue weighted by Gasteiger charge is -2.45. The van der Waals surface area contributed by atoms with E-state index >= 15 is 0 Å². The summed E-state index contributed by atoms with van der Waals surface area (Å²) in [4.78, 5) is 5.15. The van der Waals surface area contributed by atoms with Crippen molar-refractivity contribution in [2.75, 3.05) is 34.4 Å². The summed E-state index contributed by atoms with van der Waals surface area (Å²) < 4.78 is 10.8. The molecule has 2 rings (SSSR count). The van der Waals surface area contributed by atoms with Crippen molar-refractivity contribution < 1.29 is 9.47 Å². The van der Waals surface area contributed by atoms with Crippen LogP contribution in [0.5, 0.6) is 11.5 Å². The van der Waals surface area contributed by atoms with Crippen molar-refractivity contribution in [2.45, 2.75) is 52.2 Å². The van der Waals surface area contributed by atoms with Gasteiger partial charge in [0, 0.05) is 25.2 Å². The maximum Gasteiger partial charge on any atom is 0.161 e. The van der Waals surface area contributed by atoms with E-state index in [1.165, 1.54) is 24.9 Å². The van der Waals surface area contributed by atoms with Crippen LogP contribution < -0.4 is 9.47 Å². The minimum Gasteiger partial charge on any atom is -0.493 e. The van der Waals surface area contributed by atoms with E-state index in [0.717, 1.165) is 24.6 Å². The molecule has 0 N–H and O–H groups in total. The molecule has 1 aromatic carbocycles. The molecular weight excluding hydrogens is 300 g/mol. The molecule has 136 valence electrons. The van der Waals surface area contributed by atoms with Gasteiger partial charge in [-0.05, 0) is 57.0 Å². The van der Waals surface area contributed by atoms with E-state index < -0.39 is 0 Å². The van der Waals surface area contributed by atoms with Crippen molar-refractivity contribution in [3.8, 4) is 11.5 Å². The molecule has 0 radical (unpaired) electrons. The monoisotopic (exact) mass is 334 g/mol. The quantitative estimate of drug-likeness (QED) is 0.760. The van der Waals surface area contributed by atoms with Crippen molar-refractivity contribution >= 4 is 0 Å². The Balaban J connectivity index is 2.16. The Bertz CT molecular complexity index is 520. The maximum absolute atomic E-state index is 5.47. The van der Waals surface area contributed by atoms with Gasteiger partial charge in [-0.15, -0.1) is 0 Å². The van der Waals surface area contributed by atoms with Gasteiger partial charge in [-0.2, -0.15) is 0 Å². The molecule has 0 spiro atoms. The van der Waals surface area contributed by atoms with E-state index in [4.69, 9.17) is 9.47 Å². The summed E-state index contributed by atoms with van der Waals surface area (Å²) in [7, 11) is 5.63. The van der Waals surface area contributed by atoms with Crippen molar-refractivity contribution in [3.63, 3.8) is 0 Å². The number of ether oxygens (including phenoxy) is 2. The van der Waals surface area contributed by atoms with E-state index in [1.54, 1.807) is 14.2 Å². The minimum absolute atomic E-state index is 0.643. The second-order valence-electron chi connectivity index (χ2n) is 7.23. The molecule has 1 heterocycles. The van der Waals surface area contributed by atoms with E-state index in [2.05, 4.69) is 49.8 Å². The van der Waals surface area contributed by atoms with Gasteiger partial charge in [-0.25, -0.2) is 0 Å². The molecule has 4 heteroatoms. The van der Waals surface area contributed by atoms with E-state index in [1.807, 2.05) is 6.07 Å². The average Bonchev–Trinajstić information content (AvgIpc) is 2.57. The molecule has 1 fully saturated rings. The molecule has 0 aromatic heterocycles. The zero-order chi connectivity index (χ0) is 17.7. The van der Waals surface area contributed by atoms with E-state index in [-0.39, 0.29) is 0 Å². The van der Waals surface area contributed by atoms with Gasteiger partial charge in [-0.1, -0.05) is 19.9 Å². The van der Waals surface area contributed by atoms with Gasteiger partial charge < -0.3 is 14.4 Å². The summed E-state index contributed by atoms with van der Waals surface area (Å²) in [6.45, 7) is 10.3. The lowest BCUT2D eigenvalue weighted by molar-refractivity contribution is 0.0410. The highest BCUT2D eigenvalue weighted by Gasteiger charge is 2.32. The molecule has 1 aliphatic heterocycles. The number of nitrogens with zero attached hydrogens (tertiary/aromatic N) is 2.